The molecule has 1 aliphatic rings. The molecule has 0 bridgehead atoms. The third-order valence-corrected chi connectivity index (χ3v) is 5.09. The molecule has 1 aliphatic heterocycles. The Balaban J connectivity index is 1.96. The summed E-state index contributed by atoms with van der Waals surface area (Å²) in [5.41, 5.74) is 0.776. The molecule has 3 rings (SSSR count). The average Bonchev–Trinajstić information content (AvgIpc) is 2.91. The molecular formula is C18H14BrNO5S. The first kappa shape index (κ1) is 18.5. The van der Waals surface area contributed by atoms with Crippen LogP contribution in [0.25, 0.3) is 16.8 Å². The van der Waals surface area contributed by atoms with Gasteiger partial charge >= 0.3 is 5.97 Å². The number of imide groups is 1. The average molecular weight is 436 g/mol. The van der Waals surface area contributed by atoms with Gasteiger partial charge in [0.2, 0.25) is 0 Å². The molecule has 0 atom stereocenters. The van der Waals surface area contributed by atoms with Crippen LogP contribution in [0.5, 0.6) is 5.75 Å². The predicted octanol–water partition coefficient (Wildman–Crippen LogP) is 4.17. The van der Waals surface area contributed by atoms with Crippen molar-refractivity contribution >= 4 is 61.7 Å². The van der Waals surface area contributed by atoms with Gasteiger partial charge in [-0.15, -0.1) is 0 Å². The van der Waals surface area contributed by atoms with Crippen LogP contribution in [0.2, 0.25) is 0 Å². The number of hydrogen-bond acceptors (Lipinski definition) is 5. The summed E-state index contributed by atoms with van der Waals surface area (Å²) in [7, 11) is 0. The molecule has 0 aromatic heterocycles. The number of carbonyl (C=O) groups excluding carboxylic acids is 2. The summed E-state index contributed by atoms with van der Waals surface area (Å²) in [4.78, 5) is 34.1. The number of carbonyl (C=O) groups is 3. The Kier molecular flexibility index (Phi) is 5.63. The van der Waals surface area contributed by atoms with E-state index in [0.29, 0.717) is 21.5 Å². The Morgan fingerprint density at radius 2 is 2.00 bits per heavy atom. The molecule has 0 radical (unpaired) electrons. The Bertz CT molecular complexity index is 941. The van der Waals surface area contributed by atoms with Gasteiger partial charge in [-0.1, -0.05) is 24.3 Å². The highest BCUT2D eigenvalue weighted by molar-refractivity contribution is 9.10. The number of nitrogens with one attached hydrogen (secondary N) is 1. The maximum atomic E-state index is 11.8. The molecule has 2 N–H and O–H groups in total. The Hall–Kier alpha value is -2.32. The lowest BCUT2D eigenvalue weighted by atomic mass is 10.0. The van der Waals surface area contributed by atoms with Gasteiger partial charge in [-0.3, -0.25) is 19.7 Å². The molecule has 0 spiro atoms. The second kappa shape index (κ2) is 7.92. The van der Waals surface area contributed by atoms with Crippen LogP contribution in [0.1, 0.15) is 18.4 Å². The fourth-order valence-electron chi connectivity index (χ4n) is 2.57. The van der Waals surface area contributed by atoms with Crippen LogP contribution in [-0.2, 0) is 9.59 Å². The normalized spacial score (nSPS) is 15.5. The maximum absolute atomic E-state index is 11.8. The zero-order valence-electron chi connectivity index (χ0n) is 13.5. The van der Waals surface area contributed by atoms with Crippen molar-refractivity contribution in [3.8, 4) is 5.75 Å². The number of hydrogen-bond donors (Lipinski definition) is 2. The van der Waals surface area contributed by atoms with Crippen molar-refractivity contribution in [1.29, 1.82) is 0 Å². The Labute approximate surface area is 161 Å². The van der Waals surface area contributed by atoms with E-state index in [1.54, 1.807) is 6.08 Å². The van der Waals surface area contributed by atoms with Crippen LogP contribution in [-0.4, -0.2) is 28.8 Å². The molecule has 1 saturated heterocycles. The zero-order valence-corrected chi connectivity index (χ0v) is 15.9. The molecule has 134 valence electrons. The minimum Gasteiger partial charge on any atom is -0.492 e. The van der Waals surface area contributed by atoms with E-state index < -0.39 is 11.9 Å². The molecule has 2 aromatic rings. The monoisotopic (exact) mass is 435 g/mol. The standard InChI is InChI=1S/C18H14BrNO5S/c19-13-8-10(9-14-17(23)20-18(24)26-14)11-4-1-2-5-12(11)16(13)25-7-3-6-15(21)22/h1-2,4-5,8-9H,3,6-7H2,(H,21,22)(H,20,23,24)/b14-9+. The third-order valence-electron chi connectivity index (χ3n) is 3.69. The fourth-order valence-corrected chi connectivity index (χ4v) is 3.82. The van der Waals surface area contributed by atoms with E-state index in [9.17, 15) is 14.4 Å². The van der Waals surface area contributed by atoms with Gasteiger partial charge in [0.05, 0.1) is 16.0 Å². The summed E-state index contributed by atoms with van der Waals surface area (Å²) >= 11 is 4.35. The largest absolute Gasteiger partial charge is 0.492 e. The molecule has 1 fully saturated rings. The summed E-state index contributed by atoms with van der Waals surface area (Å²) in [6.45, 7) is 0.280. The van der Waals surface area contributed by atoms with Gasteiger partial charge in [-0.05, 0) is 57.2 Å². The SMILES string of the molecule is O=C(O)CCCOc1c(Br)cc(/C=C2/SC(=O)NC2=O)c2ccccc12. The number of fused-ring (bicyclic) bond motifs is 1. The van der Waals surface area contributed by atoms with E-state index in [1.165, 1.54) is 0 Å². The first-order valence-electron chi connectivity index (χ1n) is 7.76. The smallest absolute Gasteiger partial charge is 0.303 e. The van der Waals surface area contributed by atoms with Gasteiger partial charge in [0.15, 0.2) is 0 Å². The maximum Gasteiger partial charge on any atom is 0.303 e. The van der Waals surface area contributed by atoms with Crippen molar-refractivity contribution in [2.24, 2.45) is 0 Å². The molecule has 0 unspecified atom stereocenters. The Morgan fingerprint density at radius 3 is 2.65 bits per heavy atom. The highest BCUT2D eigenvalue weighted by Crippen LogP contribution is 2.38. The summed E-state index contributed by atoms with van der Waals surface area (Å²) in [5, 5.41) is 12.3. The number of benzene rings is 2. The van der Waals surface area contributed by atoms with E-state index in [2.05, 4.69) is 21.2 Å². The predicted molar refractivity (Wildman–Crippen MR) is 103 cm³/mol. The molecule has 0 aliphatic carbocycles. The number of rotatable bonds is 6. The van der Waals surface area contributed by atoms with Gasteiger partial charge in [-0.2, -0.15) is 0 Å². The van der Waals surface area contributed by atoms with E-state index >= 15 is 0 Å². The summed E-state index contributed by atoms with van der Waals surface area (Å²) in [5.74, 6) is -0.650. The van der Waals surface area contributed by atoms with E-state index in [-0.39, 0.29) is 18.3 Å². The lowest BCUT2D eigenvalue weighted by Gasteiger charge is -2.13. The van der Waals surface area contributed by atoms with Crippen molar-refractivity contribution in [2.45, 2.75) is 12.8 Å². The van der Waals surface area contributed by atoms with Gasteiger partial charge in [0.25, 0.3) is 11.1 Å². The van der Waals surface area contributed by atoms with Crippen LogP contribution in [0.3, 0.4) is 0 Å². The van der Waals surface area contributed by atoms with Gasteiger partial charge < -0.3 is 9.84 Å². The summed E-state index contributed by atoms with van der Waals surface area (Å²) < 4.78 is 6.48. The highest BCUT2D eigenvalue weighted by Gasteiger charge is 2.25. The minimum absolute atomic E-state index is 0.0418. The van der Waals surface area contributed by atoms with Crippen molar-refractivity contribution in [2.75, 3.05) is 6.61 Å². The van der Waals surface area contributed by atoms with Crippen molar-refractivity contribution in [1.82, 2.24) is 5.32 Å². The highest BCUT2D eigenvalue weighted by atomic mass is 79.9. The number of ether oxygens (including phenoxy) is 1. The van der Waals surface area contributed by atoms with Gasteiger partial charge in [0.1, 0.15) is 5.75 Å². The molecule has 2 aromatic carbocycles. The molecule has 8 heteroatoms. The van der Waals surface area contributed by atoms with E-state index in [1.807, 2.05) is 30.3 Å². The van der Waals surface area contributed by atoms with Crippen molar-refractivity contribution in [3.05, 3.63) is 45.3 Å². The fraction of sp³-hybridized carbons (Fsp3) is 0.167. The van der Waals surface area contributed by atoms with E-state index in [4.69, 9.17) is 9.84 Å². The third kappa shape index (κ3) is 4.08. The first-order chi connectivity index (χ1) is 12.5. The summed E-state index contributed by atoms with van der Waals surface area (Å²) in [6.07, 6.45) is 2.12. The zero-order chi connectivity index (χ0) is 18.7. The quantitative estimate of drug-likeness (QED) is 0.522. The summed E-state index contributed by atoms with van der Waals surface area (Å²) in [6, 6.07) is 9.35. The van der Waals surface area contributed by atoms with E-state index in [0.717, 1.165) is 28.1 Å². The molecular weight excluding hydrogens is 422 g/mol. The minimum atomic E-state index is -0.860. The first-order valence-corrected chi connectivity index (χ1v) is 9.37. The molecule has 1 heterocycles. The molecule has 0 saturated carbocycles. The topological polar surface area (TPSA) is 92.7 Å². The number of thioether (sulfide) groups is 1. The Morgan fingerprint density at radius 1 is 1.27 bits per heavy atom. The lowest BCUT2D eigenvalue weighted by Crippen LogP contribution is -2.17. The number of amides is 2. The van der Waals surface area contributed by atoms with Gasteiger partial charge in [-0.25, -0.2) is 0 Å². The lowest BCUT2D eigenvalue weighted by molar-refractivity contribution is -0.137. The number of carboxylic acids is 1. The van der Waals surface area contributed by atoms with Gasteiger partial charge in [0, 0.05) is 11.8 Å². The van der Waals surface area contributed by atoms with Crippen LogP contribution < -0.4 is 10.1 Å². The second-order valence-corrected chi connectivity index (χ2v) is 7.39. The van der Waals surface area contributed by atoms with Crippen LogP contribution in [0.15, 0.2) is 39.7 Å². The van der Waals surface area contributed by atoms with Crippen LogP contribution in [0.4, 0.5) is 4.79 Å². The number of halogens is 1. The number of carboxylic acid groups (broad SMARTS) is 1. The second-order valence-electron chi connectivity index (χ2n) is 5.52. The van der Waals surface area contributed by atoms with Crippen LogP contribution >= 0.6 is 27.7 Å². The van der Waals surface area contributed by atoms with Crippen LogP contribution in [0, 0.1) is 0 Å². The molecule has 6 nitrogen and oxygen atoms in total. The van der Waals surface area contributed by atoms with Crippen molar-refractivity contribution < 1.29 is 24.2 Å². The number of aliphatic carboxylic acids is 1. The van der Waals surface area contributed by atoms with Crippen molar-refractivity contribution in [3.63, 3.8) is 0 Å². The molecule has 26 heavy (non-hydrogen) atoms. The molecule has 2 amide bonds.